The summed E-state index contributed by atoms with van der Waals surface area (Å²) in [5, 5.41) is 11.4. The summed E-state index contributed by atoms with van der Waals surface area (Å²) in [4.78, 5) is 11.4. The van der Waals surface area contributed by atoms with Gasteiger partial charge in [-0.3, -0.25) is 0 Å². The van der Waals surface area contributed by atoms with Crippen molar-refractivity contribution < 1.29 is 14.6 Å². The molecule has 0 atom stereocenters. The maximum Gasteiger partial charge on any atom is 0.412 e. The Hall–Kier alpha value is -1.55. The topological polar surface area (TPSA) is 58.6 Å². The van der Waals surface area contributed by atoms with Crippen molar-refractivity contribution in [1.82, 2.24) is 5.32 Å². The molecule has 1 aromatic rings. The average Bonchev–Trinajstić information content (AvgIpc) is 2.30. The number of aliphatic hydroxyl groups is 1. The predicted molar refractivity (Wildman–Crippen MR) is 70.8 cm³/mol. The molecule has 0 aromatic heterocycles. The number of rotatable bonds is 6. The van der Waals surface area contributed by atoms with Gasteiger partial charge in [-0.25, -0.2) is 4.79 Å². The maximum atomic E-state index is 11.4. The van der Waals surface area contributed by atoms with Gasteiger partial charge in [0.05, 0.1) is 0 Å². The number of hydrogen-bond acceptors (Lipinski definition) is 3. The summed E-state index contributed by atoms with van der Waals surface area (Å²) in [6.45, 7) is 3.99. The molecule has 0 saturated carbocycles. The van der Waals surface area contributed by atoms with Crippen LogP contribution in [0.3, 0.4) is 0 Å². The molecule has 0 fully saturated rings. The van der Waals surface area contributed by atoms with Crippen molar-refractivity contribution in [2.24, 2.45) is 0 Å². The minimum absolute atomic E-state index is 0.0651. The summed E-state index contributed by atoms with van der Waals surface area (Å²) in [6, 6.07) is 7.52. The number of unbranched alkanes of at least 4 members (excludes halogenated alkanes) is 1. The van der Waals surface area contributed by atoms with E-state index in [-0.39, 0.29) is 12.6 Å². The highest BCUT2D eigenvalue weighted by molar-refractivity contribution is 5.70. The molecular formula is C14H21NO3. The molecule has 4 nitrogen and oxygen atoms in total. The Morgan fingerprint density at radius 3 is 2.50 bits per heavy atom. The summed E-state index contributed by atoms with van der Waals surface area (Å²) in [5.74, 6) is 0.541. The van der Waals surface area contributed by atoms with Gasteiger partial charge in [-0.15, -0.1) is 0 Å². The Balaban J connectivity index is 2.42. The van der Waals surface area contributed by atoms with Crippen molar-refractivity contribution in [1.29, 1.82) is 0 Å². The van der Waals surface area contributed by atoms with E-state index in [1.54, 1.807) is 12.1 Å². The fourth-order valence-corrected chi connectivity index (χ4v) is 1.54. The van der Waals surface area contributed by atoms with Gasteiger partial charge in [-0.1, -0.05) is 12.1 Å². The molecule has 0 heterocycles. The Kier molecular flexibility index (Phi) is 6.22. The zero-order valence-corrected chi connectivity index (χ0v) is 11.0. The first-order chi connectivity index (χ1) is 8.61. The van der Waals surface area contributed by atoms with Crippen LogP contribution < -0.4 is 10.1 Å². The lowest BCUT2D eigenvalue weighted by Crippen LogP contribution is -2.32. The van der Waals surface area contributed by atoms with Crippen LogP contribution >= 0.6 is 0 Å². The molecule has 100 valence electrons. The van der Waals surface area contributed by atoms with E-state index in [1.165, 1.54) is 5.56 Å². The first kappa shape index (κ1) is 14.5. The van der Waals surface area contributed by atoms with Crippen LogP contribution in [0.4, 0.5) is 4.79 Å². The monoisotopic (exact) mass is 251 g/mol. The quantitative estimate of drug-likeness (QED) is 0.764. The molecule has 0 aliphatic rings. The third kappa shape index (κ3) is 5.68. The lowest BCUT2D eigenvalue weighted by atomic mass is 10.1. The molecule has 1 amide bonds. The van der Waals surface area contributed by atoms with Crippen LogP contribution in [0.25, 0.3) is 0 Å². The fourth-order valence-electron chi connectivity index (χ4n) is 1.54. The zero-order valence-electron chi connectivity index (χ0n) is 11.0. The molecule has 0 radical (unpaired) electrons. The summed E-state index contributed by atoms with van der Waals surface area (Å²) < 4.78 is 5.12. The van der Waals surface area contributed by atoms with Crippen LogP contribution in [0, 0.1) is 0 Å². The normalized spacial score (nSPS) is 10.4. The van der Waals surface area contributed by atoms with Crippen molar-refractivity contribution in [3.63, 3.8) is 0 Å². The SMILES string of the molecule is CC(C)NC(=O)Oc1ccc(CCCCO)cc1. The van der Waals surface area contributed by atoms with Crippen LogP contribution in [0.15, 0.2) is 24.3 Å². The summed E-state index contributed by atoms with van der Waals surface area (Å²) >= 11 is 0. The van der Waals surface area contributed by atoms with Gasteiger partial charge in [0.2, 0.25) is 0 Å². The molecule has 4 heteroatoms. The number of carbonyl (C=O) groups excluding carboxylic acids is 1. The van der Waals surface area contributed by atoms with Gasteiger partial charge in [0.1, 0.15) is 5.75 Å². The molecule has 0 unspecified atom stereocenters. The number of benzene rings is 1. The highest BCUT2D eigenvalue weighted by Gasteiger charge is 2.05. The van der Waals surface area contributed by atoms with Crippen molar-refractivity contribution in [2.45, 2.75) is 39.2 Å². The Labute approximate surface area is 108 Å². The first-order valence-electron chi connectivity index (χ1n) is 6.30. The molecule has 1 rings (SSSR count). The van der Waals surface area contributed by atoms with Crippen molar-refractivity contribution >= 4 is 6.09 Å². The molecule has 1 aromatic carbocycles. The number of amides is 1. The lowest BCUT2D eigenvalue weighted by Gasteiger charge is -2.09. The van der Waals surface area contributed by atoms with Crippen LogP contribution in [0.2, 0.25) is 0 Å². The first-order valence-corrected chi connectivity index (χ1v) is 6.30. The van der Waals surface area contributed by atoms with Gasteiger partial charge in [-0.05, 0) is 50.8 Å². The Morgan fingerprint density at radius 2 is 1.94 bits per heavy atom. The zero-order chi connectivity index (χ0) is 13.4. The van der Waals surface area contributed by atoms with E-state index in [9.17, 15) is 4.79 Å². The molecule has 2 N–H and O–H groups in total. The third-order valence-electron chi connectivity index (χ3n) is 2.41. The summed E-state index contributed by atoms with van der Waals surface area (Å²) in [7, 11) is 0. The van der Waals surface area contributed by atoms with Gasteiger partial charge >= 0.3 is 6.09 Å². The van der Waals surface area contributed by atoms with Crippen LogP contribution in [-0.4, -0.2) is 23.8 Å². The van der Waals surface area contributed by atoms with E-state index in [4.69, 9.17) is 9.84 Å². The Morgan fingerprint density at radius 1 is 1.28 bits per heavy atom. The van der Waals surface area contributed by atoms with E-state index in [0.29, 0.717) is 5.75 Å². The maximum absolute atomic E-state index is 11.4. The number of hydrogen-bond donors (Lipinski definition) is 2. The van der Waals surface area contributed by atoms with Gasteiger partial charge < -0.3 is 15.2 Å². The van der Waals surface area contributed by atoms with Crippen molar-refractivity contribution in [3.8, 4) is 5.75 Å². The number of aryl methyl sites for hydroxylation is 1. The lowest BCUT2D eigenvalue weighted by molar-refractivity contribution is 0.197. The number of carbonyl (C=O) groups is 1. The van der Waals surface area contributed by atoms with E-state index in [0.717, 1.165) is 19.3 Å². The van der Waals surface area contributed by atoms with Crippen molar-refractivity contribution in [3.05, 3.63) is 29.8 Å². The van der Waals surface area contributed by atoms with Crippen LogP contribution in [0.5, 0.6) is 5.75 Å². The average molecular weight is 251 g/mol. The van der Waals surface area contributed by atoms with Gasteiger partial charge in [0, 0.05) is 12.6 Å². The fraction of sp³-hybridized carbons (Fsp3) is 0.500. The molecule has 0 aliphatic heterocycles. The minimum Gasteiger partial charge on any atom is -0.410 e. The smallest absolute Gasteiger partial charge is 0.410 e. The highest BCUT2D eigenvalue weighted by atomic mass is 16.6. The second-order valence-corrected chi connectivity index (χ2v) is 4.51. The standard InChI is InChI=1S/C14H21NO3/c1-11(2)15-14(17)18-13-8-6-12(7-9-13)5-3-4-10-16/h6-9,11,16H,3-5,10H2,1-2H3,(H,15,17). The van der Waals surface area contributed by atoms with E-state index in [2.05, 4.69) is 5.32 Å². The third-order valence-corrected chi connectivity index (χ3v) is 2.41. The molecule has 0 saturated heterocycles. The minimum atomic E-state index is -0.432. The van der Waals surface area contributed by atoms with E-state index in [1.807, 2.05) is 26.0 Å². The van der Waals surface area contributed by atoms with Gasteiger partial charge in [-0.2, -0.15) is 0 Å². The number of aliphatic hydroxyl groups excluding tert-OH is 1. The van der Waals surface area contributed by atoms with Gasteiger partial charge in [0.15, 0.2) is 0 Å². The molecule has 0 aliphatic carbocycles. The summed E-state index contributed by atoms with van der Waals surface area (Å²) in [6.07, 6.45) is 2.27. The summed E-state index contributed by atoms with van der Waals surface area (Å²) in [5.41, 5.74) is 1.18. The molecular weight excluding hydrogens is 230 g/mol. The highest BCUT2D eigenvalue weighted by Crippen LogP contribution is 2.14. The molecule has 0 spiro atoms. The molecule has 0 bridgehead atoms. The predicted octanol–water partition coefficient (Wildman–Crippen LogP) is 2.50. The Bertz CT molecular complexity index is 360. The van der Waals surface area contributed by atoms with Crippen molar-refractivity contribution in [2.75, 3.05) is 6.61 Å². The van der Waals surface area contributed by atoms with E-state index < -0.39 is 6.09 Å². The number of ether oxygens (including phenoxy) is 1. The molecule has 18 heavy (non-hydrogen) atoms. The number of nitrogens with one attached hydrogen (secondary N) is 1. The largest absolute Gasteiger partial charge is 0.412 e. The second kappa shape index (κ2) is 7.71. The van der Waals surface area contributed by atoms with Gasteiger partial charge in [0.25, 0.3) is 0 Å². The van der Waals surface area contributed by atoms with Crippen LogP contribution in [0.1, 0.15) is 32.3 Å². The second-order valence-electron chi connectivity index (χ2n) is 4.51. The van der Waals surface area contributed by atoms with Crippen LogP contribution in [-0.2, 0) is 6.42 Å². The van der Waals surface area contributed by atoms with E-state index >= 15 is 0 Å².